The lowest BCUT2D eigenvalue weighted by atomic mass is 10.3. The van der Waals surface area contributed by atoms with Crippen LogP contribution in [0.3, 0.4) is 0 Å². The highest BCUT2D eigenvalue weighted by atomic mass is 28.6. The topological polar surface area (TPSA) is 327 Å². The van der Waals surface area contributed by atoms with Crippen LogP contribution in [-0.2, 0) is 37.0 Å². The highest BCUT2D eigenvalue weighted by Gasteiger charge is 2.62. The molecule has 2 saturated heterocycles. The molecular weight excluding hydrogens is 1440 g/mol. The Kier molecular flexibility index (Phi) is 23.4. The minimum Gasteiger partial charge on any atom is -0.416 e. The molecule has 2 fully saturated rings. The van der Waals surface area contributed by atoms with Crippen molar-refractivity contribution in [3.63, 3.8) is 0 Å². The maximum atomic E-state index is 7.55. The third kappa shape index (κ3) is 19.4. The van der Waals surface area contributed by atoms with E-state index in [2.05, 4.69) is 30.3 Å². The fourth-order valence-corrected chi connectivity index (χ4v) is 53.1. The van der Waals surface area contributed by atoms with Crippen molar-refractivity contribution >= 4 is 152 Å². The second-order valence-electron chi connectivity index (χ2n) is 25.7. The Bertz CT molecular complexity index is 4000. The van der Waals surface area contributed by atoms with Crippen molar-refractivity contribution in [3.05, 3.63) is 195 Å². The molecule has 4 N–H and O–H groups in total. The molecule has 0 bridgehead atoms. The largest absolute Gasteiger partial charge is 0.472 e. The van der Waals surface area contributed by atoms with Crippen LogP contribution < -0.4 is 36.0 Å². The van der Waals surface area contributed by atoms with Gasteiger partial charge in [0.2, 0.25) is 35.7 Å². The molecule has 0 aliphatic carbocycles. The van der Waals surface area contributed by atoms with Gasteiger partial charge in [-0.2, -0.15) is 29.9 Å². The second-order valence-corrected chi connectivity index (χ2v) is 51.3. The summed E-state index contributed by atoms with van der Waals surface area (Å²) in [6.07, 6.45) is 15.4. The van der Waals surface area contributed by atoms with Crippen molar-refractivity contribution in [1.82, 2.24) is 69.8 Å². The predicted octanol–water partition coefficient (Wildman–Crippen LogP) is 12.8. The van der Waals surface area contributed by atoms with Gasteiger partial charge in [-0.15, -0.1) is 0 Å². The van der Waals surface area contributed by atoms with Crippen LogP contribution in [0.1, 0.15) is 19.3 Å². The molecule has 2 aliphatic rings. The number of nitrogens with zero attached hydrogens (tertiary/aromatic N) is 18. The minimum absolute atomic E-state index is 0.250. The summed E-state index contributed by atoms with van der Waals surface area (Å²) in [6.45, 7) is 21.4. The fourth-order valence-electron chi connectivity index (χ4n) is 12.3. The summed E-state index contributed by atoms with van der Waals surface area (Å²) in [5, 5.41) is 7.06. The van der Waals surface area contributed by atoms with Crippen molar-refractivity contribution in [2.45, 2.75) is 103 Å². The van der Waals surface area contributed by atoms with Gasteiger partial charge in [0.1, 0.15) is 46.5 Å². The van der Waals surface area contributed by atoms with Crippen LogP contribution >= 0.6 is 0 Å². The maximum Gasteiger partial charge on any atom is 0.472 e. The molecule has 0 amide bonds. The van der Waals surface area contributed by atoms with Crippen LogP contribution in [-0.4, -0.2) is 159 Å². The SMILES string of the molecule is C[Si]1O[Si](C)(C)O[Si](C)(CCCNc2nc(N(c3ccccn3)c3ccccn3)nc(N(c3ccccn3)c3ccccn3)n2)O[Si](C)(CCCN)O[Si](C)(O[Si]2(C)O[Si](C)(C)O[Si](C)(CCCNc3nc(N(c4ccccn4)c4ccccn4)nc(N(c4ccccn4)c4ccccn4)n3)O2)O1. The van der Waals surface area contributed by atoms with Gasteiger partial charge in [0, 0.05) is 75.8 Å². The van der Waals surface area contributed by atoms with Gasteiger partial charge >= 0.3 is 69.7 Å². The first kappa shape index (κ1) is 74.1. The van der Waals surface area contributed by atoms with Crippen molar-refractivity contribution in [1.29, 1.82) is 0 Å². The molecule has 2 aliphatic heterocycles. The lowest BCUT2D eigenvalue weighted by molar-refractivity contribution is 0.123. The Hall–Kier alpha value is -8.64. The molecule has 10 aromatic heterocycles. The van der Waals surface area contributed by atoms with E-state index in [9.17, 15) is 0 Å². The Balaban J connectivity index is 0.782. The average molecular weight is 1530 g/mol. The molecule has 535 valence electrons. The highest BCUT2D eigenvalue weighted by molar-refractivity contribution is 6.95. The minimum atomic E-state index is -3.87. The Labute approximate surface area is 608 Å². The molecule has 30 nitrogen and oxygen atoms in total. The van der Waals surface area contributed by atoms with Crippen molar-refractivity contribution in [2.24, 2.45) is 5.73 Å². The van der Waals surface area contributed by atoms with Crippen molar-refractivity contribution < 1.29 is 37.0 Å². The molecule has 5 atom stereocenters. The molecule has 38 heteroatoms. The lowest BCUT2D eigenvalue weighted by Gasteiger charge is -2.51. The van der Waals surface area contributed by atoms with Gasteiger partial charge < -0.3 is 53.4 Å². The number of anilines is 14. The van der Waals surface area contributed by atoms with Crippen LogP contribution in [0.15, 0.2) is 195 Å². The van der Waals surface area contributed by atoms with Crippen molar-refractivity contribution in [2.75, 3.05) is 49.9 Å². The zero-order chi connectivity index (χ0) is 72.1. The van der Waals surface area contributed by atoms with E-state index in [1.54, 1.807) is 69.2 Å². The van der Waals surface area contributed by atoms with Gasteiger partial charge in [0.05, 0.1) is 0 Å². The van der Waals surface area contributed by atoms with E-state index >= 15 is 0 Å². The number of nitrogens with two attached hydrogens (primary N) is 1. The smallest absolute Gasteiger partial charge is 0.416 e. The number of rotatable bonds is 27. The fraction of sp³-hybridized carbons (Fsp3) is 0.292. The van der Waals surface area contributed by atoms with Crippen LogP contribution in [0, 0.1) is 0 Å². The number of hydrogen-bond donors (Lipinski definition) is 3. The van der Waals surface area contributed by atoms with Gasteiger partial charge in [0.15, 0.2) is 0 Å². The zero-order valence-corrected chi connectivity index (χ0v) is 67.1. The van der Waals surface area contributed by atoms with Crippen LogP contribution in [0.2, 0.25) is 83.6 Å². The van der Waals surface area contributed by atoms with Gasteiger partial charge in [-0.3, -0.25) is 0 Å². The Morgan fingerprint density at radius 2 is 0.641 bits per heavy atom. The van der Waals surface area contributed by atoms with Gasteiger partial charge in [-0.1, -0.05) is 48.5 Å². The summed E-state index contributed by atoms with van der Waals surface area (Å²) in [4.78, 5) is 75.2. The molecule has 0 aromatic carbocycles. The molecule has 12 rings (SSSR count). The molecule has 1 radical (unpaired) electrons. The lowest BCUT2D eigenvalue weighted by Crippen LogP contribution is -2.72. The van der Waals surface area contributed by atoms with E-state index in [4.69, 9.17) is 113 Å². The van der Waals surface area contributed by atoms with Gasteiger partial charge in [-0.05, 0) is 193 Å². The van der Waals surface area contributed by atoms with Crippen LogP contribution in [0.4, 0.5) is 82.2 Å². The Morgan fingerprint density at radius 1 is 0.350 bits per heavy atom. The number of pyridine rings is 8. The third-order valence-corrected chi connectivity index (χ3v) is 49.0. The normalized spacial score (nSPS) is 21.9. The third-order valence-electron chi connectivity index (χ3n) is 15.7. The van der Waals surface area contributed by atoms with E-state index in [1.807, 2.05) is 191 Å². The van der Waals surface area contributed by atoms with Gasteiger partial charge in [0.25, 0.3) is 0 Å². The van der Waals surface area contributed by atoms with E-state index in [0.29, 0.717) is 104 Å². The number of nitrogens with one attached hydrogen (secondary N) is 2. The molecule has 12 heterocycles. The Morgan fingerprint density at radius 3 is 0.951 bits per heavy atom. The van der Waals surface area contributed by atoms with E-state index in [1.165, 1.54) is 0 Å². The first-order valence-electron chi connectivity index (χ1n) is 33.9. The molecular formula is C65H84N21O9Si8. The van der Waals surface area contributed by atoms with E-state index < -0.39 is 69.7 Å². The molecule has 103 heavy (non-hydrogen) atoms. The molecule has 0 spiro atoms. The monoisotopic (exact) mass is 1530 g/mol. The molecule has 0 saturated carbocycles. The summed E-state index contributed by atoms with van der Waals surface area (Å²) in [6, 6.07) is 46.5. The average Bonchev–Trinajstić information content (AvgIpc) is 0.760. The summed E-state index contributed by atoms with van der Waals surface area (Å²) in [5.41, 5.74) is 6.34. The molecule has 5 unspecified atom stereocenters. The molecule has 10 aromatic rings. The highest BCUT2D eigenvalue weighted by Crippen LogP contribution is 2.42. The first-order valence-corrected chi connectivity index (χ1v) is 53.4. The number of aromatic nitrogens is 14. The summed E-state index contributed by atoms with van der Waals surface area (Å²) in [5.74, 6) is 5.90. The summed E-state index contributed by atoms with van der Waals surface area (Å²) in [7, 11) is -25.5. The maximum absolute atomic E-state index is 7.55. The second kappa shape index (κ2) is 32.6. The van der Waals surface area contributed by atoms with Gasteiger partial charge in [-0.25, -0.2) is 59.5 Å². The standard InChI is InChI=1S/C65H84N21O9Si8/c1-96-87-97(2,3)89-99(6,50-28-47-75-60-77-62(83(52-30-11-19-39-67-52)53-31-12-20-40-68-53)81-63(78-60)84(54-32-13-21-41-69-54)55-33-14-22-42-70-55)92-101(8,49-27-38-66)93-102(9,88-96)95-103(10)91-98(4,5)90-100(7,94-103)51-29-48-76-61-79-64(85(56-34-15-23-43-71-56)57-35-16-24-44-72-57)82-65(80-61)86(58-36-17-25-45-73-58)59-37-18-26-46-74-59/h11-26,30-37,39-46H,27-29,38,47-51,66H2,1-10H3,(H,75,77,78,81)(H,76,79,80,82). The summed E-state index contributed by atoms with van der Waals surface area (Å²) >= 11 is 0. The van der Waals surface area contributed by atoms with Crippen LogP contribution in [0.5, 0.6) is 0 Å². The number of hydrogen-bond acceptors (Lipinski definition) is 30. The quantitative estimate of drug-likeness (QED) is 0.0318. The van der Waals surface area contributed by atoms with Crippen LogP contribution in [0.25, 0.3) is 0 Å². The summed E-state index contributed by atoms with van der Waals surface area (Å²) < 4.78 is 64.8. The first-order chi connectivity index (χ1) is 49.6. The predicted molar refractivity (Wildman–Crippen MR) is 409 cm³/mol. The van der Waals surface area contributed by atoms with E-state index in [-0.39, 0.29) is 35.7 Å². The van der Waals surface area contributed by atoms with Crippen molar-refractivity contribution in [3.8, 4) is 0 Å². The van der Waals surface area contributed by atoms with E-state index in [0.717, 1.165) is 0 Å². The zero-order valence-electron chi connectivity index (χ0n) is 59.1.